The summed E-state index contributed by atoms with van der Waals surface area (Å²) in [4.78, 5) is 15.3. The fraction of sp³-hybridized carbons (Fsp3) is 0.0769. The molecule has 0 aliphatic rings. The number of benzene rings is 1. The number of carbonyl (C=O) groups excluding carboxylic acids is 1. The van der Waals surface area contributed by atoms with Crippen molar-refractivity contribution in [2.75, 3.05) is 11.1 Å². The standard InChI is InChI=1S/C13H9F4N3O/c14-10-9(5-6-19-11(10)18)12(21)20-8-3-1-7(2-4-8)13(15,16)17/h1-6H,(H2,18,19)(H,20,21). The topological polar surface area (TPSA) is 68.0 Å². The molecule has 0 fully saturated rings. The van der Waals surface area contributed by atoms with E-state index in [-0.39, 0.29) is 11.3 Å². The van der Waals surface area contributed by atoms with Crippen molar-refractivity contribution in [3.8, 4) is 0 Å². The van der Waals surface area contributed by atoms with Crippen LogP contribution in [0.25, 0.3) is 0 Å². The number of halogens is 4. The van der Waals surface area contributed by atoms with Gasteiger partial charge in [-0.05, 0) is 30.3 Å². The van der Waals surface area contributed by atoms with Gasteiger partial charge in [-0.1, -0.05) is 0 Å². The molecule has 1 amide bonds. The van der Waals surface area contributed by atoms with Gasteiger partial charge in [0.25, 0.3) is 5.91 Å². The number of pyridine rings is 1. The van der Waals surface area contributed by atoms with Gasteiger partial charge in [-0.25, -0.2) is 9.37 Å². The van der Waals surface area contributed by atoms with Crippen molar-refractivity contribution in [1.29, 1.82) is 0 Å². The number of rotatable bonds is 2. The Morgan fingerprint density at radius 2 is 1.76 bits per heavy atom. The van der Waals surface area contributed by atoms with Gasteiger partial charge >= 0.3 is 6.18 Å². The van der Waals surface area contributed by atoms with Gasteiger partial charge in [0.15, 0.2) is 11.6 Å². The lowest BCUT2D eigenvalue weighted by Gasteiger charge is -2.09. The second kappa shape index (κ2) is 5.39. The Labute approximate surface area is 116 Å². The molecule has 21 heavy (non-hydrogen) atoms. The number of hydrogen-bond donors (Lipinski definition) is 2. The number of nitrogens with one attached hydrogen (secondary N) is 1. The molecular weight excluding hydrogens is 290 g/mol. The van der Waals surface area contributed by atoms with E-state index in [0.29, 0.717) is 0 Å². The third-order valence-corrected chi connectivity index (χ3v) is 2.63. The van der Waals surface area contributed by atoms with Crippen LogP contribution < -0.4 is 11.1 Å². The second-order valence-corrected chi connectivity index (χ2v) is 4.09. The molecule has 2 aromatic rings. The van der Waals surface area contributed by atoms with Crippen molar-refractivity contribution in [1.82, 2.24) is 4.98 Å². The number of alkyl halides is 3. The highest BCUT2D eigenvalue weighted by molar-refractivity contribution is 6.04. The Morgan fingerprint density at radius 1 is 1.14 bits per heavy atom. The van der Waals surface area contributed by atoms with Crippen molar-refractivity contribution in [2.45, 2.75) is 6.18 Å². The number of carbonyl (C=O) groups is 1. The van der Waals surface area contributed by atoms with Crippen LogP contribution in [-0.2, 0) is 6.18 Å². The summed E-state index contributed by atoms with van der Waals surface area (Å²) in [6, 6.07) is 4.89. The smallest absolute Gasteiger partial charge is 0.381 e. The highest BCUT2D eigenvalue weighted by Gasteiger charge is 2.30. The van der Waals surface area contributed by atoms with Crippen LogP contribution in [0.4, 0.5) is 29.1 Å². The highest BCUT2D eigenvalue weighted by Crippen LogP contribution is 2.29. The molecule has 0 bridgehead atoms. The Hall–Kier alpha value is -2.64. The molecule has 0 radical (unpaired) electrons. The average molecular weight is 299 g/mol. The van der Waals surface area contributed by atoms with Crippen LogP contribution in [0.3, 0.4) is 0 Å². The molecule has 0 unspecified atom stereocenters. The predicted octanol–water partition coefficient (Wildman–Crippen LogP) is 3.07. The van der Waals surface area contributed by atoms with Crippen molar-refractivity contribution >= 4 is 17.4 Å². The lowest BCUT2D eigenvalue weighted by atomic mass is 10.2. The summed E-state index contributed by atoms with van der Waals surface area (Å²) in [5.41, 5.74) is 4.14. The van der Waals surface area contributed by atoms with Gasteiger partial charge in [0, 0.05) is 11.9 Å². The van der Waals surface area contributed by atoms with Gasteiger partial charge in [-0.15, -0.1) is 0 Å². The zero-order chi connectivity index (χ0) is 15.6. The summed E-state index contributed by atoms with van der Waals surface area (Å²) >= 11 is 0. The SMILES string of the molecule is Nc1nccc(C(=O)Nc2ccc(C(F)(F)F)cc2)c1F. The molecule has 0 aliphatic heterocycles. The maximum atomic E-state index is 13.6. The molecule has 0 aliphatic carbocycles. The number of nitrogens with zero attached hydrogens (tertiary/aromatic N) is 1. The fourth-order valence-corrected chi connectivity index (χ4v) is 1.58. The van der Waals surface area contributed by atoms with Gasteiger partial charge in [-0.2, -0.15) is 13.2 Å². The fourth-order valence-electron chi connectivity index (χ4n) is 1.58. The van der Waals surface area contributed by atoms with Crippen LogP contribution in [0.5, 0.6) is 0 Å². The molecule has 8 heteroatoms. The summed E-state index contributed by atoms with van der Waals surface area (Å²) in [5, 5.41) is 2.28. The summed E-state index contributed by atoms with van der Waals surface area (Å²) in [6.45, 7) is 0. The van der Waals surface area contributed by atoms with E-state index in [4.69, 9.17) is 5.73 Å². The number of aromatic nitrogens is 1. The number of amides is 1. The van der Waals surface area contributed by atoms with Gasteiger partial charge in [0.1, 0.15) is 0 Å². The van der Waals surface area contributed by atoms with Crippen LogP contribution >= 0.6 is 0 Å². The maximum Gasteiger partial charge on any atom is 0.416 e. The summed E-state index contributed by atoms with van der Waals surface area (Å²) in [5.74, 6) is -2.25. The average Bonchev–Trinajstić information content (AvgIpc) is 2.41. The molecule has 3 N–H and O–H groups in total. The summed E-state index contributed by atoms with van der Waals surface area (Å²) in [6.07, 6.45) is -3.31. The Morgan fingerprint density at radius 3 is 2.33 bits per heavy atom. The van der Waals surface area contributed by atoms with Gasteiger partial charge in [0.05, 0.1) is 11.1 Å². The molecule has 4 nitrogen and oxygen atoms in total. The van der Waals surface area contributed by atoms with Crippen molar-refractivity contribution in [2.24, 2.45) is 0 Å². The van der Waals surface area contributed by atoms with Gasteiger partial charge < -0.3 is 11.1 Å². The molecule has 0 saturated carbocycles. The molecule has 2 rings (SSSR count). The van der Waals surface area contributed by atoms with Crippen LogP contribution in [0.15, 0.2) is 36.5 Å². The zero-order valence-corrected chi connectivity index (χ0v) is 10.4. The normalized spacial score (nSPS) is 11.2. The molecule has 110 valence electrons. The maximum absolute atomic E-state index is 13.6. The third kappa shape index (κ3) is 3.28. The van der Waals surface area contributed by atoms with E-state index in [2.05, 4.69) is 10.3 Å². The minimum atomic E-state index is -4.46. The predicted molar refractivity (Wildman–Crippen MR) is 68.0 cm³/mol. The largest absolute Gasteiger partial charge is 0.416 e. The quantitative estimate of drug-likeness (QED) is 0.837. The van der Waals surface area contributed by atoms with Crippen molar-refractivity contribution < 1.29 is 22.4 Å². The lowest BCUT2D eigenvalue weighted by molar-refractivity contribution is -0.137. The van der Waals surface area contributed by atoms with Crippen molar-refractivity contribution in [3.05, 3.63) is 53.5 Å². The Kier molecular flexibility index (Phi) is 3.79. The van der Waals surface area contributed by atoms with Gasteiger partial charge in [-0.3, -0.25) is 4.79 Å². The number of nitrogen functional groups attached to an aromatic ring is 1. The van der Waals surface area contributed by atoms with E-state index in [0.717, 1.165) is 36.5 Å². The minimum Gasteiger partial charge on any atom is -0.381 e. The highest BCUT2D eigenvalue weighted by atomic mass is 19.4. The summed E-state index contributed by atoms with van der Waals surface area (Å²) < 4.78 is 50.7. The van der Waals surface area contributed by atoms with Crippen LogP contribution in [0.1, 0.15) is 15.9 Å². The van der Waals surface area contributed by atoms with E-state index in [1.54, 1.807) is 0 Å². The zero-order valence-electron chi connectivity index (χ0n) is 10.4. The first-order valence-electron chi connectivity index (χ1n) is 5.67. The molecular formula is C13H9F4N3O. The minimum absolute atomic E-state index is 0.0998. The van der Waals surface area contributed by atoms with Gasteiger partial charge in [0.2, 0.25) is 0 Å². The first-order chi connectivity index (χ1) is 9.79. The first-order valence-corrected chi connectivity index (χ1v) is 5.67. The molecule has 1 aromatic carbocycles. The lowest BCUT2D eigenvalue weighted by Crippen LogP contribution is -2.15. The van der Waals surface area contributed by atoms with E-state index in [9.17, 15) is 22.4 Å². The molecule has 0 atom stereocenters. The summed E-state index contributed by atoms with van der Waals surface area (Å²) in [7, 11) is 0. The Balaban J connectivity index is 2.18. The molecule has 1 heterocycles. The van der Waals surface area contributed by atoms with E-state index in [1.807, 2.05) is 0 Å². The van der Waals surface area contributed by atoms with E-state index >= 15 is 0 Å². The molecule has 1 aromatic heterocycles. The van der Waals surface area contributed by atoms with Crippen molar-refractivity contribution in [3.63, 3.8) is 0 Å². The van der Waals surface area contributed by atoms with Crippen LogP contribution in [-0.4, -0.2) is 10.9 Å². The number of anilines is 2. The molecule has 0 saturated heterocycles. The second-order valence-electron chi connectivity index (χ2n) is 4.09. The third-order valence-electron chi connectivity index (χ3n) is 2.63. The Bertz CT molecular complexity index is 668. The number of nitrogens with two attached hydrogens (primary N) is 1. The monoisotopic (exact) mass is 299 g/mol. The molecule has 0 spiro atoms. The van der Waals surface area contributed by atoms with Crippen LogP contribution in [0, 0.1) is 5.82 Å². The van der Waals surface area contributed by atoms with E-state index in [1.165, 1.54) is 0 Å². The first kappa shape index (κ1) is 14.8. The number of hydrogen-bond acceptors (Lipinski definition) is 3. The van der Waals surface area contributed by atoms with Crippen LogP contribution in [0.2, 0.25) is 0 Å². The van der Waals surface area contributed by atoms with E-state index < -0.39 is 29.3 Å².